The zero-order valence-corrected chi connectivity index (χ0v) is 8.91. The molecule has 1 atom stereocenters. The molecule has 1 aliphatic carbocycles. The molecule has 1 nitrogen and oxygen atoms in total. The third-order valence-electron chi connectivity index (χ3n) is 2.88. The van der Waals surface area contributed by atoms with Gasteiger partial charge in [0.05, 0.1) is 0 Å². The van der Waals surface area contributed by atoms with Crippen molar-refractivity contribution >= 4 is 12.4 Å². The molecular formula is C10H22ClN. The highest BCUT2D eigenvalue weighted by Gasteiger charge is 2.19. The van der Waals surface area contributed by atoms with E-state index in [0.29, 0.717) is 6.04 Å². The minimum atomic E-state index is 0. The predicted molar refractivity (Wildman–Crippen MR) is 56.7 cm³/mol. The lowest BCUT2D eigenvalue weighted by Gasteiger charge is -2.27. The van der Waals surface area contributed by atoms with Gasteiger partial charge >= 0.3 is 0 Å². The van der Waals surface area contributed by atoms with E-state index in [9.17, 15) is 0 Å². The summed E-state index contributed by atoms with van der Waals surface area (Å²) in [4.78, 5) is 0. The Morgan fingerprint density at radius 3 is 2.33 bits per heavy atom. The lowest BCUT2D eigenvalue weighted by molar-refractivity contribution is 0.294. The summed E-state index contributed by atoms with van der Waals surface area (Å²) in [5.74, 6) is 0.851. The minimum Gasteiger partial charge on any atom is -0.327 e. The van der Waals surface area contributed by atoms with Crippen molar-refractivity contribution in [2.24, 2.45) is 11.7 Å². The van der Waals surface area contributed by atoms with Crippen molar-refractivity contribution in [2.45, 2.75) is 57.9 Å². The molecule has 1 unspecified atom stereocenters. The van der Waals surface area contributed by atoms with Gasteiger partial charge in [0.2, 0.25) is 0 Å². The normalized spacial score (nSPS) is 21.5. The van der Waals surface area contributed by atoms with E-state index in [1.54, 1.807) is 0 Å². The largest absolute Gasteiger partial charge is 0.327 e. The molecule has 0 amide bonds. The quantitative estimate of drug-likeness (QED) is 0.729. The summed E-state index contributed by atoms with van der Waals surface area (Å²) < 4.78 is 0. The van der Waals surface area contributed by atoms with Crippen LogP contribution in [0.25, 0.3) is 0 Å². The van der Waals surface area contributed by atoms with Crippen molar-refractivity contribution in [3.05, 3.63) is 0 Å². The molecule has 12 heavy (non-hydrogen) atoms. The fraction of sp³-hybridized carbons (Fsp3) is 1.00. The number of rotatable bonds is 3. The summed E-state index contributed by atoms with van der Waals surface area (Å²) in [7, 11) is 0. The number of hydrogen-bond donors (Lipinski definition) is 1. The molecule has 0 heterocycles. The monoisotopic (exact) mass is 191 g/mol. The molecule has 1 saturated carbocycles. The first-order chi connectivity index (χ1) is 5.34. The number of hydrogen-bond acceptors (Lipinski definition) is 1. The Morgan fingerprint density at radius 1 is 1.25 bits per heavy atom. The van der Waals surface area contributed by atoms with Crippen molar-refractivity contribution in [1.29, 1.82) is 0 Å². The molecule has 0 aliphatic heterocycles. The smallest absolute Gasteiger partial charge is 0.00670 e. The third-order valence-corrected chi connectivity index (χ3v) is 2.88. The van der Waals surface area contributed by atoms with Crippen LogP contribution in [0.5, 0.6) is 0 Å². The van der Waals surface area contributed by atoms with Crippen molar-refractivity contribution in [3.63, 3.8) is 0 Å². The maximum absolute atomic E-state index is 6.06. The predicted octanol–water partition coefficient (Wildman–Crippen LogP) is 3.12. The first kappa shape index (κ1) is 12.2. The van der Waals surface area contributed by atoms with Gasteiger partial charge in [-0.25, -0.2) is 0 Å². The van der Waals surface area contributed by atoms with Crippen molar-refractivity contribution < 1.29 is 0 Å². The van der Waals surface area contributed by atoms with Gasteiger partial charge in [-0.1, -0.05) is 32.6 Å². The SMILES string of the molecule is CCCC(N)C1CCCCC1.Cl. The standard InChI is InChI=1S/C10H21N.ClH/c1-2-6-10(11)9-7-4-3-5-8-9;/h9-10H,2-8,11H2,1H3;1H. The van der Waals surface area contributed by atoms with Gasteiger partial charge in [-0.15, -0.1) is 12.4 Å². The average molecular weight is 192 g/mol. The Kier molecular flexibility index (Phi) is 6.87. The second-order valence-corrected chi connectivity index (χ2v) is 3.85. The van der Waals surface area contributed by atoms with Crippen LogP contribution >= 0.6 is 12.4 Å². The molecular weight excluding hydrogens is 170 g/mol. The van der Waals surface area contributed by atoms with Crippen LogP contribution < -0.4 is 5.73 Å². The summed E-state index contributed by atoms with van der Waals surface area (Å²) in [5.41, 5.74) is 6.06. The zero-order chi connectivity index (χ0) is 8.10. The van der Waals surface area contributed by atoms with Crippen LogP contribution in [0, 0.1) is 5.92 Å². The summed E-state index contributed by atoms with van der Waals surface area (Å²) in [5, 5.41) is 0. The molecule has 1 fully saturated rings. The Labute approximate surface area is 82.5 Å². The van der Waals surface area contributed by atoms with Crippen LogP contribution in [0.4, 0.5) is 0 Å². The van der Waals surface area contributed by atoms with E-state index >= 15 is 0 Å². The Hall–Kier alpha value is 0.250. The fourth-order valence-corrected chi connectivity index (χ4v) is 2.13. The molecule has 2 N–H and O–H groups in total. The first-order valence-electron chi connectivity index (χ1n) is 5.10. The van der Waals surface area contributed by atoms with Gasteiger partial charge in [0.1, 0.15) is 0 Å². The topological polar surface area (TPSA) is 26.0 Å². The van der Waals surface area contributed by atoms with Gasteiger partial charge in [-0.05, 0) is 25.2 Å². The molecule has 0 aromatic rings. The molecule has 0 bridgehead atoms. The Bertz CT molecular complexity index is 100. The number of halogens is 1. The van der Waals surface area contributed by atoms with E-state index in [4.69, 9.17) is 5.73 Å². The molecule has 74 valence electrons. The Morgan fingerprint density at radius 2 is 1.83 bits per heavy atom. The molecule has 0 aromatic heterocycles. The van der Waals surface area contributed by atoms with Crippen LogP contribution in [-0.2, 0) is 0 Å². The van der Waals surface area contributed by atoms with Crippen LogP contribution in [0.15, 0.2) is 0 Å². The molecule has 0 saturated heterocycles. The second kappa shape index (κ2) is 6.73. The van der Waals surface area contributed by atoms with E-state index in [2.05, 4.69) is 6.92 Å². The summed E-state index contributed by atoms with van der Waals surface area (Å²) in [6.07, 6.45) is 9.53. The van der Waals surface area contributed by atoms with Crippen molar-refractivity contribution in [3.8, 4) is 0 Å². The van der Waals surface area contributed by atoms with Gasteiger partial charge in [-0.2, -0.15) is 0 Å². The summed E-state index contributed by atoms with van der Waals surface area (Å²) in [6, 6.07) is 0.500. The summed E-state index contributed by atoms with van der Waals surface area (Å²) in [6.45, 7) is 2.22. The molecule has 0 spiro atoms. The summed E-state index contributed by atoms with van der Waals surface area (Å²) >= 11 is 0. The van der Waals surface area contributed by atoms with E-state index in [-0.39, 0.29) is 12.4 Å². The highest BCUT2D eigenvalue weighted by atomic mass is 35.5. The van der Waals surface area contributed by atoms with Crippen LogP contribution in [0.1, 0.15) is 51.9 Å². The maximum Gasteiger partial charge on any atom is 0.00670 e. The average Bonchev–Trinajstić information content (AvgIpc) is 2.07. The minimum absolute atomic E-state index is 0. The van der Waals surface area contributed by atoms with E-state index in [1.807, 2.05) is 0 Å². The van der Waals surface area contributed by atoms with Crippen molar-refractivity contribution in [1.82, 2.24) is 0 Å². The fourth-order valence-electron chi connectivity index (χ4n) is 2.13. The number of nitrogens with two attached hydrogens (primary N) is 1. The first-order valence-corrected chi connectivity index (χ1v) is 5.10. The van der Waals surface area contributed by atoms with Gasteiger partial charge in [0, 0.05) is 6.04 Å². The van der Waals surface area contributed by atoms with Gasteiger partial charge in [-0.3, -0.25) is 0 Å². The molecule has 1 aliphatic rings. The van der Waals surface area contributed by atoms with Crippen molar-refractivity contribution in [2.75, 3.05) is 0 Å². The second-order valence-electron chi connectivity index (χ2n) is 3.85. The molecule has 0 aromatic carbocycles. The lowest BCUT2D eigenvalue weighted by Crippen LogP contribution is -2.31. The molecule has 2 heteroatoms. The van der Waals surface area contributed by atoms with E-state index in [1.165, 1.54) is 44.9 Å². The third kappa shape index (κ3) is 3.77. The van der Waals surface area contributed by atoms with Gasteiger partial charge in [0.25, 0.3) is 0 Å². The molecule has 1 rings (SSSR count). The Balaban J connectivity index is 0.00000121. The lowest BCUT2D eigenvalue weighted by atomic mass is 9.83. The highest BCUT2D eigenvalue weighted by molar-refractivity contribution is 5.85. The van der Waals surface area contributed by atoms with Crippen LogP contribution in [0.3, 0.4) is 0 Å². The zero-order valence-electron chi connectivity index (χ0n) is 8.09. The van der Waals surface area contributed by atoms with Gasteiger partial charge < -0.3 is 5.73 Å². The van der Waals surface area contributed by atoms with Gasteiger partial charge in [0.15, 0.2) is 0 Å². The highest BCUT2D eigenvalue weighted by Crippen LogP contribution is 2.26. The maximum atomic E-state index is 6.06. The van der Waals surface area contributed by atoms with Crippen LogP contribution in [0.2, 0.25) is 0 Å². The van der Waals surface area contributed by atoms with E-state index in [0.717, 1.165) is 5.92 Å². The van der Waals surface area contributed by atoms with Crippen LogP contribution in [-0.4, -0.2) is 6.04 Å². The molecule has 0 radical (unpaired) electrons. The van der Waals surface area contributed by atoms with E-state index < -0.39 is 0 Å².